The van der Waals surface area contributed by atoms with E-state index in [9.17, 15) is 9.59 Å². The van der Waals surface area contributed by atoms with Crippen LogP contribution >= 0.6 is 11.3 Å². The molecule has 2 aromatic carbocycles. The molecule has 0 aliphatic carbocycles. The number of rotatable bonds is 7. The maximum Gasteiger partial charge on any atom is 0.359 e. The van der Waals surface area contributed by atoms with E-state index in [1.807, 2.05) is 6.07 Å². The molecule has 1 heterocycles. The van der Waals surface area contributed by atoms with Gasteiger partial charge in [-0.05, 0) is 18.2 Å². The summed E-state index contributed by atoms with van der Waals surface area (Å²) >= 11 is 1.28. The molecule has 0 spiro atoms. The largest absolute Gasteiger partial charge is 0.493 e. The maximum absolute atomic E-state index is 12.6. The summed E-state index contributed by atoms with van der Waals surface area (Å²) in [7, 11) is 4.34. The van der Waals surface area contributed by atoms with Crippen LogP contribution in [0.5, 0.6) is 11.5 Å². The first-order valence-electron chi connectivity index (χ1n) is 8.59. The molecule has 0 aliphatic rings. The normalized spacial score (nSPS) is 11.4. The molecule has 8 heteroatoms. The Morgan fingerprint density at radius 3 is 2.34 bits per heavy atom. The van der Waals surface area contributed by atoms with Crippen LogP contribution in [0.4, 0.5) is 0 Å². The predicted molar refractivity (Wildman–Crippen MR) is 107 cm³/mol. The van der Waals surface area contributed by atoms with Gasteiger partial charge in [0.15, 0.2) is 17.2 Å². The fourth-order valence-corrected chi connectivity index (χ4v) is 3.41. The van der Waals surface area contributed by atoms with Gasteiger partial charge in [-0.2, -0.15) is 0 Å². The van der Waals surface area contributed by atoms with Crippen LogP contribution < -0.4 is 9.47 Å². The van der Waals surface area contributed by atoms with E-state index in [0.717, 1.165) is 5.56 Å². The lowest BCUT2D eigenvalue weighted by Gasteiger charge is -2.15. The molecule has 0 saturated heterocycles. The van der Waals surface area contributed by atoms with E-state index in [-0.39, 0.29) is 5.69 Å². The summed E-state index contributed by atoms with van der Waals surface area (Å²) in [5.74, 6) is -0.234. The van der Waals surface area contributed by atoms with E-state index in [0.29, 0.717) is 22.1 Å². The van der Waals surface area contributed by atoms with Crippen molar-refractivity contribution in [2.75, 3.05) is 21.3 Å². The quantitative estimate of drug-likeness (QED) is 0.543. The topological polar surface area (TPSA) is 84.0 Å². The first-order chi connectivity index (χ1) is 14.1. The Morgan fingerprint density at radius 1 is 0.966 bits per heavy atom. The molecule has 0 bridgehead atoms. The summed E-state index contributed by atoms with van der Waals surface area (Å²) in [5, 5.41) is 2.18. The van der Waals surface area contributed by atoms with E-state index < -0.39 is 18.0 Å². The number of ether oxygens (including phenoxy) is 4. The van der Waals surface area contributed by atoms with E-state index >= 15 is 0 Å². The van der Waals surface area contributed by atoms with Crippen LogP contribution in [0.15, 0.2) is 53.9 Å². The number of esters is 2. The van der Waals surface area contributed by atoms with Gasteiger partial charge in [-0.25, -0.2) is 14.6 Å². The number of methoxy groups -OCH3 is 3. The fourth-order valence-electron chi connectivity index (χ4n) is 2.62. The maximum atomic E-state index is 12.6. The smallest absolute Gasteiger partial charge is 0.359 e. The van der Waals surface area contributed by atoms with E-state index in [1.165, 1.54) is 18.4 Å². The Labute approximate surface area is 171 Å². The average Bonchev–Trinajstić information content (AvgIpc) is 3.27. The Bertz CT molecular complexity index is 1000. The molecule has 0 radical (unpaired) electrons. The zero-order valence-electron chi connectivity index (χ0n) is 16.1. The molecule has 0 aliphatic heterocycles. The van der Waals surface area contributed by atoms with Gasteiger partial charge in [0.05, 0.1) is 21.3 Å². The minimum Gasteiger partial charge on any atom is -0.493 e. The number of nitrogens with zero attached hydrogens (tertiary/aromatic N) is 1. The fraction of sp³-hybridized carbons (Fsp3) is 0.190. The summed E-state index contributed by atoms with van der Waals surface area (Å²) in [6.45, 7) is 0. The van der Waals surface area contributed by atoms with Gasteiger partial charge in [-0.1, -0.05) is 30.3 Å². The van der Waals surface area contributed by atoms with Gasteiger partial charge in [0.2, 0.25) is 6.10 Å². The van der Waals surface area contributed by atoms with Crippen molar-refractivity contribution in [3.05, 3.63) is 65.2 Å². The monoisotopic (exact) mass is 413 g/mol. The Balaban J connectivity index is 1.82. The lowest BCUT2D eigenvalue weighted by molar-refractivity contribution is -0.151. The zero-order chi connectivity index (χ0) is 20.8. The highest BCUT2D eigenvalue weighted by Gasteiger charge is 2.27. The molecule has 7 nitrogen and oxygen atoms in total. The molecule has 0 saturated carbocycles. The van der Waals surface area contributed by atoms with Crippen molar-refractivity contribution >= 4 is 23.3 Å². The van der Waals surface area contributed by atoms with Crippen LogP contribution in [-0.4, -0.2) is 38.3 Å². The lowest BCUT2D eigenvalue weighted by atomic mass is 10.1. The number of carbonyl (C=O) groups excluding carboxylic acids is 2. The number of benzene rings is 2. The van der Waals surface area contributed by atoms with Gasteiger partial charge in [0, 0.05) is 16.5 Å². The first-order valence-corrected chi connectivity index (χ1v) is 9.47. The van der Waals surface area contributed by atoms with Crippen molar-refractivity contribution in [3.63, 3.8) is 0 Å². The minimum atomic E-state index is -1.17. The first kappa shape index (κ1) is 20.3. The number of aromatic nitrogens is 1. The molecule has 1 atom stereocenters. The van der Waals surface area contributed by atoms with Gasteiger partial charge >= 0.3 is 11.9 Å². The molecular formula is C21H19NO6S. The Morgan fingerprint density at radius 2 is 1.69 bits per heavy atom. The molecule has 1 aromatic heterocycles. The summed E-state index contributed by atoms with van der Waals surface area (Å²) in [6.07, 6.45) is -1.17. The van der Waals surface area contributed by atoms with Crippen LogP contribution in [0.25, 0.3) is 10.6 Å². The Hall–Kier alpha value is -3.39. The van der Waals surface area contributed by atoms with Crippen molar-refractivity contribution < 1.29 is 28.5 Å². The highest BCUT2D eigenvalue weighted by Crippen LogP contribution is 2.33. The number of carbonyl (C=O) groups is 2. The summed E-state index contributed by atoms with van der Waals surface area (Å²) in [5.41, 5.74) is 1.38. The second kappa shape index (κ2) is 9.20. The van der Waals surface area contributed by atoms with Crippen molar-refractivity contribution in [2.24, 2.45) is 0 Å². The molecule has 0 N–H and O–H groups in total. The van der Waals surface area contributed by atoms with Crippen LogP contribution in [0.3, 0.4) is 0 Å². The molecule has 150 valence electrons. The van der Waals surface area contributed by atoms with Gasteiger partial charge < -0.3 is 18.9 Å². The highest BCUT2D eigenvalue weighted by molar-refractivity contribution is 7.13. The number of thiazole rings is 1. The average molecular weight is 413 g/mol. The SMILES string of the molecule is COC(=O)[C@H](OC(=O)c1csc(-c2ccc(OC)c(OC)c2)n1)c1ccccc1. The second-order valence-electron chi connectivity index (χ2n) is 5.83. The summed E-state index contributed by atoms with van der Waals surface area (Å²) in [4.78, 5) is 29.0. The molecule has 3 rings (SSSR count). The third-order valence-corrected chi connectivity index (χ3v) is 4.98. The van der Waals surface area contributed by atoms with E-state index in [2.05, 4.69) is 4.98 Å². The molecular weight excluding hydrogens is 394 g/mol. The van der Waals surface area contributed by atoms with Gasteiger partial charge in [-0.15, -0.1) is 11.3 Å². The van der Waals surface area contributed by atoms with Crippen LogP contribution in [0.2, 0.25) is 0 Å². The lowest BCUT2D eigenvalue weighted by Crippen LogP contribution is -2.21. The van der Waals surface area contributed by atoms with Crippen molar-refractivity contribution in [1.29, 1.82) is 0 Å². The van der Waals surface area contributed by atoms with E-state index in [4.69, 9.17) is 18.9 Å². The Kier molecular flexibility index (Phi) is 6.46. The van der Waals surface area contributed by atoms with Gasteiger partial charge in [0.25, 0.3) is 0 Å². The van der Waals surface area contributed by atoms with Gasteiger partial charge in [0.1, 0.15) is 5.01 Å². The van der Waals surface area contributed by atoms with Crippen molar-refractivity contribution in [1.82, 2.24) is 4.98 Å². The van der Waals surface area contributed by atoms with Crippen LogP contribution in [-0.2, 0) is 14.3 Å². The third kappa shape index (κ3) is 4.55. The predicted octanol–water partition coefficient (Wildman–Crippen LogP) is 3.90. The molecule has 0 fully saturated rings. The van der Waals surface area contributed by atoms with Crippen molar-refractivity contribution in [2.45, 2.75) is 6.10 Å². The molecule has 0 unspecified atom stereocenters. The van der Waals surface area contributed by atoms with Gasteiger partial charge in [-0.3, -0.25) is 0 Å². The molecule has 3 aromatic rings. The summed E-state index contributed by atoms with van der Waals surface area (Å²) < 4.78 is 20.7. The minimum absolute atomic E-state index is 0.101. The molecule has 0 amide bonds. The van der Waals surface area contributed by atoms with E-state index in [1.54, 1.807) is 62.1 Å². The second-order valence-corrected chi connectivity index (χ2v) is 6.68. The molecule has 29 heavy (non-hydrogen) atoms. The number of hydrogen-bond donors (Lipinski definition) is 0. The standard InChI is InChI=1S/C21H19NO6S/c1-25-16-10-9-14(11-17(16)26-2)19-22-15(12-29-19)20(23)28-18(21(24)27-3)13-7-5-4-6-8-13/h4-12,18H,1-3H3/t18-/m1/s1. The number of hydrogen-bond acceptors (Lipinski definition) is 8. The highest BCUT2D eigenvalue weighted by atomic mass is 32.1. The van der Waals surface area contributed by atoms with Crippen LogP contribution in [0.1, 0.15) is 22.2 Å². The third-order valence-electron chi connectivity index (χ3n) is 4.09. The zero-order valence-corrected chi connectivity index (χ0v) is 16.9. The van der Waals surface area contributed by atoms with Crippen LogP contribution in [0, 0.1) is 0 Å². The summed E-state index contributed by atoms with van der Waals surface area (Å²) in [6, 6.07) is 14.0. The van der Waals surface area contributed by atoms with Crippen molar-refractivity contribution in [3.8, 4) is 22.1 Å².